The molecule has 0 aliphatic heterocycles. The van der Waals surface area contributed by atoms with Crippen molar-refractivity contribution in [3.05, 3.63) is 35.4 Å². The van der Waals surface area contributed by atoms with E-state index < -0.39 is 6.10 Å². The van der Waals surface area contributed by atoms with Crippen molar-refractivity contribution in [2.24, 2.45) is 5.73 Å². The van der Waals surface area contributed by atoms with E-state index >= 15 is 0 Å². The Labute approximate surface area is 78.8 Å². The third-order valence-electron chi connectivity index (χ3n) is 1.69. The molecule has 1 atom stereocenters. The van der Waals surface area contributed by atoms with Gasteiger partial charge in [0.05, 0.1) is 6.10 Å². The average Bonchev–Trinajstić information content (AvgIpc) is 2.05. The minimum Gasteiger partial charge on any atom is -0.387 e. The Morgan fingerprint density at radius 2 is 1.83 bits per heavy atom. The minimum absolute atomic E-state index is 0. The van der Waals surface area contributed by atoms with Gasteiger partial charge in [-0.3, -0.25) is 0 Å². The lowest BCUT2D eigenvalue weighted by atomic mass is 10.1. The van der Waals surface area contributed by atoms with E-state index in [2.05, 4.69) is 0 Å². The number of rotatable bonds is 2. The topological polar surface area (TPSA) is 46.2 Å². The summed E-state index contributed by atoms with van der Waals surface area (Å²) in [5.74, 6) is 0. The maximum atomic E-state index is 9.30. The smallest absolute Gasteiger partial charge is 0.0912 e. The summed E-state index contributed by atoms with van der Waals surface area (Å²) in [6.07, 6.45) is -0.518. The molecule has 0 unspecified atom stereocenters. The summed E-state index contributed by atoms with van der Waals surface area (Å²) in [5, 5.41) is 9.30. The molecule has 0 fully saturated rings. The molecule has 3 heteroatoms. The number of aliphatic hydroxyl groups excluding tert-OH is 1. The fourth-order valence-corrected chi connectivity index (χ4v) is 0.925. The van der Waals surface area contributed by atoms with Gasteiger partial charge in [0.2, 0.25) is 0 Å². The van der Waals surface area contributed by atoms with Gasteiger partial charge < -0.3 is 10.8 Å². The highest BCUT2D eigenvalue weighted by Gasteiger charge is 2.02. The lowest BCUT2D eigenvalue weighted by molar-refractivity contribution is 0.187. The van der Waals surface area contributed by atoms with Crippen molar-refractivity contribution >= 4 is 12.4 Å². The summed E-state index contributed by atoms with van der Waals surface area (Å²) in [7, 11) is 0. The van der Waals surface area contributed by atoms with E-state index in [0.717, 1.165) is 5.56 Å². The molecule has 0 radical (unpaired) electrons. The molecule has 0 saturated carbocycles. The van der Waals surface area contributed by atoms with Crippen LogP contribution in [0, 0.1) is 6.92 Å². The molecular formula is C9H14ClNO. The van der Waals surface area contributed by atoms with Gasteiger partial charge in [-0.15, -0.1) is 12.4 Å². The van der Waals surface area contributed by atoms with Gasteiger partial charge in [-0.25, -0.2) is 0 Å². The van der Waals surface area contributed by atoms with E-state index in [1.807, 2.05) is 31.2 Å². The first kappa shape index (κ1) is 11.4. The Kier molecular flexibility index (Phi) is 4.90. The molecule has 1 rings (SSSR count). The molecule has 1 aromatic rings. The third-order valence-corrected chi connectivity index (χ3v) is 1.69. The van der Waals surface area contributed by atoms with Crippen LogP contribution in [-0.4, -0.2) is 11.7 Å². The van der Waals surface area contributed by atoms with E-state index in [-0.39, 0.29) is 19.0 Å². The lowest BCUT2D eigenvalue weighted by Gasteiger charge is -2.07. The molecule has 0 aromatic heterocycles. The average molecular weight is 188 g/mol. The van der Waals surface area contributed by atoms with Gasteiger partial charge in [0.1, 0.15) is 0 Å². The van der Waals surface area contributed by atoms with Crippen molar-refractivity contribution in [2.75, 3.05) is 6.54 Å². The SMILES string of the molecule is Cc1ccc([C@@H](O)CN)cc1.Cl. The molecule has 0 amide bonds. The number of hydrogen-bond donors (Lipinski definition) is 2. The molecule has 3 N–H and O–H groups in total. The van der Waals surface area contributed by atoms with Crippen molar-refractivity contribution < 1.29 is 5.11 Å². The number of aryl methyl sites for hydroxylation is 1. The van der Waals surface area contributed by atoms with Crippen LogP contribution >= 0.6 is 12.4 Å². The monoisotopic (exact) mass is 187 g/mol. The van der Waals surface area contributed by atoms with E-state index in [1.165, 1.54) is 5.56 Å². The Morgan fingerprint density at radius 3 is 2.25 bits per heavy atom. The summed E-state index contributed by atoms with van der Waals surface area (Å²) in [6.45, 7) is 2.29. The second-order valence-electron chi connectivity index (χ2n) is 2.66. The molecule has 0 aliphatic carbocycles. The van der Waals surface area contributed by atoms with E-state index in [4.69, 9.17) is 5.73 Å². The second kappa shape index (κ2) is 5.14. The second-order valence-corrected chi connectivity index (χ2v) is 2.66. The van der Waals surface area contributed by atoms with Gasteiger partial charge in [-0.2, -0.15) is 0 Å². The first-order valence-corrected chi connectivity index (χ1v) is 3.68. The van der Waals surface area contributed by atoms with Crippen LogP contribution in [0.3, 0.4) is 0 Å². The normalized spacial score (nSPS) is 11.9. The van der Waals surface area contributed by atoms with Crippen LogP contribution in [0.25, 0.3) is 0 Å². The number of aliphatic hydroxyl groups is 1. The van der Waals surface area contributed by atoms with Gasteiger partial charge in [0.25, 0.3) is 0 Å². The van der Waals surface area contributed by atoms with Gasteiger partial charge in [0.15, 0.2) is 0 Å². The zero-order valence-electron chi connectivity index (χ0n) is 7.03. The molecule has 0 aliphatic rings. The highest BCUT2D eigenvalue weighted by atomic mass is 35.5. The fourth-order valence-electron chi connectivity index (χ4n) is 0.925. The highest BCUT2D eigenvalue weighted by molar-refractivity contribution is 5.85. The fraction of sp³-hybridized carbons (Fsp3) is 0.333. The van der Waals surface area contributed by atoms with Crippen LogP contribution in [-0.2, 0) is 0 Å². The molecule has 0 spiro atoms. The van der Waals surface area contributed by atoms with Crippen LogP contribution in [0.2, 0.25) is 0 Å². The molecule has 0 saturated heterocycles. The molecular weight excluding hydrogens is 174 g/mol. The van der Waals surface area contributed by atoms with E-state index in [1.54, 1.807) is 0 Å². The van der Waals surface area contributed by atoms with Crippen LogP contribution in [0.4, 0.5) is 0 Å². The quantitative estimate of drug-likeness (QED) is 0.736. The van der Waals surface area contributed by atoms with Gasteiger partial charge in [-0.05, 0) is 12.5 Å². The molecule has 0 heterocycles. The predicted molar refractivity (Wildman–Crippen MR) is 52.4 cm³/mol. The summed E-state index contributed by atoms with van der Waals surface area (Å²) < 4.78 is 0. The lowest BCUT2D eigenvalue weighted by Crippen LogP contribution is -2.11. The largest absolute Gasteiger partial charge is 0.387 e. The Morgan fingerprint density at radius 1 is 1.33 bits per heavy atom. The van der Waals surface area contributed by atoms with E-state index in [9.17, 15) is 5.11 Å². The van der Waals surface area contributed by atoms with Crippen LogP contribution < -0.4 is 5.73 Å². The first-order valence-electron chi connectivity index (χ1n) is 3.68. The highest BCUT2D eigenvalue weighted by Crippen LogP contribution is 2.11. The molecule has 68 valence electrons. The Bertz CT molecular complexity index is 222. The standard InChI is InChI=1S/C9H13NO.ClH/c1-7-2-4-8(5-3-7)9(11)6-10;/h2-5,9,11H,6,10H2,1H3;1H/t9-;/m0./s1. The number of halogens is 1. The molecule has 1 aromatic carbocycles. The summed E-state index contributed by atoms with van der Waals surface area (Å²) in [5.41, 5.74) is 7.37. The van der Waals surface area contributed by atoms with Crippen molar-refractivity contribution in [3.8, 4) is 0 Å². The van der Waals surface area contributed by atoms with Gasteiger partial charge in [-0.1, -0.05) is 29.8 Å². The predicted octanol–water partition coefficient (Wildman–Crippen LogP) is 1.41. The number of hydrogen-bond acceptors (Lipinski definition) is 2. The van der Waals surface area contributed by atoms with Crippen LogP contribution in [0.15, 0.2) is 24.3 Å². The number of benzene rings is 1. The Hall–Kier alpha value is -0.570. The van der Waals surface area contributed by atoms with Crippen LogP contribution in [0.5, 0.6) is 0 Å². The zero-order valence-corrected chi connectivity index (χ0v) is 7.84. The Balaban J connectivity index is 0.00000121. The van der Waals surface area contributed by atoms with Crippen molar-refractivity contribution in [1.82, 2.24) is 0 Å². The van der Waals surface area contributed by atoms with Crippen molar-refractivity contribution in [2.45, 2.75) is 13.0 Å². The summed E-state index contributed by atoms with van der Waals surface area (Å²) in [4.78, 5) is 0. The van der Waals surface area contributed by atoms with Gasteiger partial charge >= 0.3 is 0 Å². The maximum absolute atomic E-state index is 9.30. The van der Waals surface area contributed by atoms with Crippen molar-refractivity contribution in [3.63, 3.8) is 0 Å². The third kappa shape index (κ3) is 2.81. The van der Waals surface area contributed by atoms with Crippen molar-refractivity contribution in [1.29, 1.82) is 0 Å². The van der Waals surface area contributed by atoms with Gasteiger partial charge in [0, 0.05) is 6.54 Å². The van der Waals surface area contributed by atoms with E-state index in [0.29, 0.717) is 0 Å². The maximum Gasteiger partial charge on any atom is 0.0912 e. The molecule has 12 heavy (non-hydrogen) atoms. The number of nitrogens with two attached hydrogens (primary N) is 1. The zero-order chi connectivity index (χ0) is 8.27. The minimum atomic E-state index is -0.518. The summed E-state index contributed by atoms with van der Waals surface area (Å²) in [6, 6.07) is 7.72. The molecule has 0 bridgehead atoms. The molecule has 2 nitrogen and oxygen atoms in total. The van der Waals surface area contributed by atoms with Crippen LogP contribution in [0.1, 0.15) is 17.2 Å². The summed E-state index contributed by atoms with van der Waals surface area (Å²) >= 11 is 0. The first-order chi connectivity index (χ1) is 5.24.